The number of hydrogen-bond donors (Lipinski definition) is 1. The molecular weight excluding hydrogens is 190 g/mol. The molecule has 1 aliphatic carbocycles. The molecule has 80 valence electrons. The molecule has 15 heavy (non-hydrogen) atoms. The van der Waals surface area contributed by atoms with Crippen molar-refractivity contribution in [1.29, 1.82) is 0 Å². The van der Waals surface area contributed by atoms with Gasteiger partial charge in [-0.15, -0.1) is 0 Å². The van der Waals surface area contributed by atoms with Crippen molar-refractivity contribution in [3.63, 3.8) is 0 Å². The van der Waals surface area contributed by atoms with Crippen LogP contribution >= 0.6 is 0 Å². The van der Waals surface area contributed by atoms with E-state index in [-0.39, 0.29) is 0 Å². The zero-order valence-corrected chi connectivity index (χ0v) is 8.80. The van der Waals surface area contributed by atoms with Gasteiger partial charge in [0.25, 0.3) is 0 Å². The highest BCUT2D eigenvalue weighted by Gasteiger charge is 2.39. The first kappa shape index (κ1) is 8.76. The third-order valence-corrected chi connectivity index (χ3v) is 3.16. The summed E-state index contributed by atoms with van der Waals surface area (Å²) in [5.41, 5.74) is 7.11. The first-order chi connectivity index (χ1) is 7.27. The van der Waals surface area contributed by atoms with E-state index in [0.717, 1.165) is 6.54 Å². The summed E-state index contributed by atoms with van der Waals surface area (Å²) >= 11 is 0. The van der Waals surface area contributed by atoms with Gasteiger partial charge in [0.2, 0.25) is 0 Å². The molecule has 0 bridgehead atoms. The smallest absolute Gasteiger partial charge is 0.192 e. The maximum atomic E-state index is 5.91. The highest BCUT2D eigenvalue weighted by atomic mass is 15.4. The maximum absolute atomic E-state index is 5.91. The Hall–Kier alpha value is -1.52. The second-order valence-electron chi connectivity index (χ2n) is 4.28. The van der Waals surface area contributed by atoms with Gasteiger partial charge >= 0.3 is 0 Å². The predicted octanol–water partition coefficient (Wildman–Crippen LogP) is 0.254. The number of aliphatic imine (C=N–C) groups is 1. The molecule has 3 rings (SSSR count). The van der Waals surface area contributed by atoms with E-state index in [1.54, 1.807) is 0 Å². The van der Waals surface area contributed by atoms with Gasteiger partial charge in [0, 0.05) is 13.1 Å². The molecule has 1 aliphatic heterocycles. The van der Waals surface area contributed by atoms with Crippen LogP contribution in [0.3, 0.4) is 0 Å². The molecule has 1 fully saturated rings. The standard InChI is InChI=1S/C10H15N5/c1-14-6-12-4-8(14)9-5-13-10(11)15(9)7-2-3-7/h4,6-7,9H,2-3,5H2,1H3,(H2,11,13). The summed E-state index contributed by atoms with van der Waals surface area (Å²) in [6.07, 6.45) is 6.22. The van der Waals surface area contributed by atoms with Crippen molar-refractivity contribution in [2.75, 3.05) is 6.54 Å². The van der Waals surface area contributed by atoms with Crippen molar-refractivity contribution in [2.24, 2.45) is 17.8 Å². The van der Waals surface area contributed by atoms with E-state index >= 15 is 0 Å². The van der Waals surface area contributed by atoms with Gasteiger partial charge in [0.05, 0.1) is 30.8 Å². The largest absolute Gasteiger partial charge is 0.370 e. The molecule has 2 aliphatic rings. The molecule has 1 saturated carbocycles. The van der Waals surface area contributed by atoms with Crippen molar-refractivity contribution < 1.29 is 0 Å². The molecule has 1 aromatic rings. The SMILES string of the molecule is Cn1cncc1C1CN=C(N)N1C1CC1. The van der Waals surface area contributed by atoms with Gasteiger partial charge in [-0.3, -0.25) is 4.99 Å². The first-order valence-corrected chi connectivity index (χ1v) is 5.32. The molecule has 0 spiro atoms. The minimum Gasteiger partial charge on any atom is -0.370 e. The monoisotopic (exact) mass is 205 g/mol. The van der Waals surface area contributed by atoms with Crippen molar-refractivity contribution in [2.45, 2.75) is 24.9 Å². The number of nitrogens with two attached hydrogens (primary N) is 1. The number of aromatic nitrogens is 2. The van der Waals surface area contributed by atoms with Crippen LogP contribution in [0.4, 0.5) is 0 Å². The number of aryl methyl sites for hydroxylation is 1. The van der Waals surface area contributed by atoms with Crippen molar-refractivity contribution in [1.82, 2.24) is 14.5 Å². The highest BCUT2D eigenvalue weighted by Crippen LogP contribution is 2.36. The average Bonchev–Trinajstić information content (AvgIpc) is 2.85. The lowest BCUT2D eigenvalue weighted by Gasteiger charge is -2.26. The van der Waals surface area contributed by atoms with Crippen LogP contribution in [-0.2, 0) is 7.05 Å². The van der Waals surface area contributed by atoms with E-state index in [9.17, 15) is 0 Å². The average molecular weight is 205 g/mol. The van der Waals surface area contributed by atoms with E-state index < -0.39 is 0 Å². The Morgan fingerprint density at radius 3 is 2.87 bits per heavy atom. The summed E-state index contributed by atoms with van der Waals surface area (Å²) in [6, 6.07) is 0.904. The highest BCUT2D eigenvalue weighted by molar-refractivity contribution is 5.81. The van der Waals surface area contributed by atoms with Gasteiger partial charge in [0.1, 0.15) is 0 Å². The molecular formula is C10H15N5. The Labute approximate surface area is 88.6 Å². The van der Waals surface area contributed by atoms with Crippen molar-refractivity contribution in [3.05, 3.63) is 18.2 Å². The maximum Gasteiger partial charge on any atom is 0.192 e. The quantitative estimate of drug-likeness (QED) is 0.753. The molecule has 1 aromatic heterocycles. The summed E-state index contributed by atoms with van der Waals surface area (Å²) in [6.45, 7) is 0.766. The molecule has 1 atom stereocenters. The fourth-order valence-corrected chi connectivity index (χ4v) is 2.23. The van der Waals surface area contributed by atoms with Crippen LogP contribution < -0.4 is 5.73 Å². The zero-order chi connectivity index (χ0) is 10.4. The Morgan fingerprint density at radius 2 is 2.27 bits per heavy atom. The Morgan fingerprint density at radius 1 is 1.47 bits per heavy atom. The fraction of sp³-hybridized carbons (Fsp3) is 0.600. The van der Waals surface area contributed by atoms with Crippen LogP contribution in [0, 0.1) is 0 Å². The number of imidazole rings is 1. The van der Waals surface area contributed by atoms with Crippen molar-refractivity contribution >= 4 is 5.96 Å². The predicted molar refractivity (Wildman–Crippen MR) is 57.3 cm³/mol. The number of guanidine groups is 1. The van der Waals surface area contributed by atoms with Crippen LogP contribution in [0.1, 0.15) is 24.6 Å². The molecule has 2 heterocycles. The number of hydrogen-bond acceptors (Lipinski definition) is 4. The van der Waals surface area contributed by atoms with E-state index in [0.29, 0.717) is 18.0 Å². The van der Waals surface area contributed by atoms with Crippen molar-refractivity contribution in [3.8, 4) is 0 Å². The third kappa shape index (κ3) is 1.30. The lowest BCUT2D eigenvalue weighted by molar-refractivity contribution is 0.326. The van der Waals surface area contributed by atoms with Crippen LogP contribution in [0.2, 0.25) is 0 Å². The summed E-state index contributed by atoms with van der Waals surface area (Å²) in [5, 5.41) is 0. The van der Waals surface area contributed by atoms with Gasteiger partial charge < -0.3 is 15.2 Å². The van der Waals surface area contributed by atoms with E-state index in [1.165, 1.54) is 18.5 Å². The second-order valence-corrected chi connectivity index (χ2v) is 4.28. The van der Waals surface area contributed by atoms with E-state index in [1.807, 2.05) is 24.1 Å². The molecule has 5 heteroatoms. The second kappa shape index (κ2) is 2.98. The molecule has 0 saturated heterocycles. The van der Waals surface area contributed by atoms with Gasteiger partial charge in [0.15, 0.2) is 5.96 Å². The minimum atomic E-state index is 0.296. The molecule has 0 radical (unpaired) electrons. The topological polar surface area (TPSA) is 59.4 Å². The number of nitrogens with zero attached hydrogens (tertiary/aromatic N) is 4. The first-order valence-electron chi connectivity index (χ1n) is 5.32. The zero-order valence-electron chi connectivity index (χ0n) is 8.80. The minimum absolute atomic E-state index is 0.296. The van der Waals surface area contributed by atoms with E-state index in [2.05, 4.69) is 14.9 Å². The van der Waals surface area contributed by atoms with Gasteiger partial charge in [-0.1, -0.05) is 0 Å². The Bertz CT molecular complexity index is 404. The molecule has 0 aromatic carbocycles. The lowest BCUT2D eigenvalue weighted by Crippen LogP contribution is -2.38. The Balaban J connectivity index is 1.91. The summed E-state index contributed by atoms with van der Waals surface area (Å²) in [7, 11) is 2.02. The summed E-state index contributed by atoms with van der Waals surface area (Å²) < 4.78 is 2.05. The van der Waals surface area contributed by atoms with Gasteiger partial charge in [-0.2, -0.15) is 0 Å². The van der Waals surface area contributed by atoms with Crippen LogP contribution in [0.15, 0.2) is 17.5 Å². The fourth-order valence-electron chi connectivity index (χ4n) is 2.23. The number of rotatable bonds is 2. The molecule has 0 amide bonds. The van der Waals surface area contributed by atoms with Crippen LogP contribution in [-0.4, -0.2) is 33.0 Å². The normalized spacial score (nSPS) is 25.8. The van der Waals surface area contributed by atoms with Crippen LogP contribution in [0.5, 0.6) is 0 Å². The molecule has 1 unspecified atom stereocenters. The third-order valence-electron chi connectivity index (χ3n) is 3.16. The molecule has 5 nitrogen and oxygen atoms in total. The van der Waals surface area contributed by atoms with Crippen LogP contribution in [0.25, 0.3) is 0 Å². The summed E-state index contributed by atoms with van der Waals surface area (Å²) in [5.74, 6) is 0.698. The molecule has 2 N–H and O–H groups in total. The summed E-state index contributed by atoms with van der Waals surface area (Å²) in [4.78, 5) is 10.7. The van der Waals surface area contributed by atoms with Gasteiger partial charge in [-0.25, -0.2) is 4.98 Å². The van der Waals surface area contributed by atoms with E-state index in [4.69, 9.17) is 5.73 Å². The Kier molecular flexibility index (Phi) is 1.74. The lowest BCUT2D eigenvalue weighted by atomic mass is 10.2. The van der Waals surface area contributed by atoms with Gasteiger partial charge in [-0.05, 0) is 12.8 Å².